The van der Waals surface area contributed by atoms with Crippen molar-refractivity contribution in [2.24, 2.45) is 17.8 Å². The van der Waals surface area contributed by atoms with Crippen LogP contribution in [0.2, 0.25) is 0 Å². The molecule has 3 atom stereocenters. The lowest BCUT2D eigenvalue weighted by atomic mass is 9.80. The Labute approximate surface area is 204 Å². The Bertz CT molecular complexity index is 1020. The van der Waals surface area contributed by atoms with Crippen molar-refractivity contribution in [2.75, 3.05) is 11.4 Å². The Morgan fingerprint density at radius 2 is 1.74 bits per heavy atom. The first-order valence-corrected chi connectivity index (χ1v) is 14.4. The molecule has 1 aliphatic heterocycles. The summed E-state index contributed by atoms with van der Waals surface area (Å²) >= 11 is 0. The number of benzene rings is 1. The van der Waals surface area contributed by atoms with Gasteiger partial charge in [0.1, 0.15) is 0 Å². The lowest BCUT2D eigenvalue weighted by Crippen LogP contribution is -2.44. The molecule has 188 valence electrons. The summed E-state index contributed by atoms with van der Waals surface area (Å²) in [6.07, 6.45) is 8.73. The Balaban J connectivity index is 1.28. The number of nitrogens with zero attached hydrogens (tertiary/aromatic N) is 1. The Morgan fingerprint density at radius 3 is 2.41 bits per heavy atom. The summed E-state index contributed by atoms with van der Waals surface area (Å²) in [5, 5.41) is 3.29. The molecule has 8 heteroatoms. The van der Waals surface area contributed by atoms with E-state index in [2.05, 4.69) is 17.0 Å². The third-order valence-corrected chi connectivity index (χ3v) is 9.56. The normalized spacial score (nSPS) is 29.5. The highest BCUT2D eigenvalue weighted by Gasteiger charge is 2.32. The second kappa shape index (κ2) is 10.4. The summed E-state index contributed by atoms with van der Waals surface area (Å²) in [6.45, 7) is 6.13. The number of rotatable bonds is 6. The minimum Gasteiger partial charge on any atom is -0.353 e. The van der Waals surface area contributed by atoms with Gasteiger partial charge in [0.25, 0.3) is 0 Å². The van der Waals surface area contributed by atoms with Gasteiger partial charge in [0, 0.05) is 37.2 Å². The summed E-state index contributed by atoms with van der Waals surface area (Å²) in [5.41, 5.74) is 1.70. The summed E-state index contributed by atoms with van der Waals surface area (Å²) in [7, 11) is -3.62. The van der Waals surface area contributed by atoms with Crippen molar-refractivity contribution in [1.29, 1.82) is 0 Å². The molecule has 2 amide bonds. The van der Waals surface area contributed by atoms with Crippen LogP contribution in [-0.4, -0.2) is 38.9 Å². The van der Waals surface area contributed by atoms with Crippen LogP contribution in [0, 0.1) is 17.8 Å². The molecule has 4 rings (SSSR count). The molecule has 34 heavy (non-hydrogen) atoms. The van der Waals surface area contributed by atoms with Gasteiger partial charge in [-0.2, -0.15) is 0 Å². The second-order valence-electron chi connectivity index (χ2n) is 10.7. The zero-order valence-electron chi connectivity index (χ0n) is 20.7. The van der Waals surface area contributed by atoms with Crippen molar-refractivity contribution in [3.8, 4) is 0 Å². The van der Waals surface area contributed by atoms with Gasteiger partial charge >= 0.3 is 0 Å². The van der Waals surface area contributed by atoms with Crippen LogP contribution in [0.15, 0.2) is 23.1 Å². The Morgan fingerprint density at radius 1 is 1.03 bits per heavy atom. The molecule has 0 saturated heterocycles. The van der Waals surface area contributed by atoms with Crippen LogP contribution in [-0.2, 0) is 26.0 Å². The van der Waals surface area contributed by atoms with E-state index in [1.165, 1.54) is 26.2 Å². The van der Waals surface area contributed by atoms with Crippen molar-refractivity contribution in [3.63, 3.8) is 0 Å². The number of hydrogen-bond donors (Lipinski definition) is 2. The number of carbonyl (C=O) groups excluding carboxylic acids is 2. The van der Waals surface area contributed by atoms with Crippen molar-refractivity contribution in [3.05, 3.63) is 23.8 Å². The molecule has 0 bridgehead atoms. The molecule has 1 aromatic rings. The standard InChI is InChI=1S/C26H39N3O4S/c1-17-6-4-5-7-24(17)28-26(31)21-10-8-20(9-11-21)16-27-34(32,33)23-12-13-25-22(15-23)14-18(2)29(25)19(3)30/h12-13,15,17-18,20-21,24,27H,4-11,14,16H2,1-3H3,(H,28,31)/t17-,18+,20?,21?,24-/m1/s1. The van der Waals surface area contributed by atoms with Crippen molar-refractivity contribution < 1.29 is 18.0 Å². The molecule has 3 aliphatic rings. The number of fused-ring (bicyclic) bond motifs is 1. The number of hydrogen-bond acceptors (Lipinski definition) is 4. The predicted octanol–water partition coefficient (Wildman–Crippen LogP) is 3.76. The average Bonchev–Trinajstić information content (AvgIpc) is 3.14. The van der Waals surface area contributed by atoms with Crippen molar-refractivity contribution >= 4 is 27.5 Å². The monoisotopic (exact) mass is 489 g/mol. The largest absolute Gasteiger partial charge is 0.353 e. The predicted molar refractivity (Wildman–Crippen MR) is 133 cm³/mol. The fraction of sp³-hybridized carbons (Fsp3) is 0.692. The maximum Gasteiger partial charge on any atom is 0.240 e. The Hall–Kier alpha value is -1.93. The number of amides is 2. The molecule has 0 unspecified atom stereocenters. The molecule has 7 nitrogen and oxygen atoms in total. The van der Waals surface area contributed by atoms with E-state index in [1.807, 2.05) is 6.92 Å². The molecule has 0 spiro atoms. The van der Waals surface area contributed by atoms with E-state index in [0.29, 0.717) is 24.9 Å². The smallest absolute Gasteiger partial charge is 0.240 e. The minimum atomic E-state index is -3.62. The van der Waals surface area contributed by atoms with E-state index in [9.17, 15) is 18.0 Å². The van der Waals surface area contributed by atoms with Gasteiger partial charge in [0.15, 0.2) is 0 Å². The van der Waals surface area contributed by atoms with Gasteiger partial charge in [-0.25, -0.2) is 13.1 Å². The lowest BCUT2D eigenvalue weighted by molar-refractivity contribution is -0.127. The van der Waals surface area contributed by atoms with E-state index in [-0.39, 0.29) is 34.6 Å². The summed E-state index contributed by atoms with van der Waals surface area (Å²) in [5.74, 6) is 0.999. The highest BCUT2D eigenvalue weighted by Crippen LogP contribution is 2.34. The molecule has 2 saturated carbocycles. The lowest BCUT2D eigenvalue weighted by Gasteiger charge is -2.33. The fourth-order valence-corrected chi connectivity index (χ4v) is 7.19. The van der Waals surface area contributed by atoms with E-state index >= 15 is 0 Å². The first-order valence-electron chi connectivity index (χ1n) is 12.9. The molecule has 2 aliphatic carbocycles. The third-order valence-electron chi connectivity index (χ3n) is 8.13. The molecule has 0 aromatic heterocycles. The topological polar surface area (TPSA) is 95.6 Å². The summed E-state index contributed by atoms with van der Waals surface area (Å²) < 4.78 is 28.7. The molecule has 1 aromatic carbocycles. The number of anilines is 1. The van der Waals surface area contributed by atoms with Gasteiger partial charge in [-0.1, -0.05) is 19.8 Å². The van der Waals surface area contributed by atoms with Crippen LogP contribution in [0.3, 0.4) is 0 Å². The fourth-order valence-electron chi connectivity index (χ4n) is 6.03. The highest BCUT2D eigenvalue weighted by molar-refractivity contribution is 7.89. The SMILES string of the molecule is CC(=O)N1c2ccc(S(=O)(=O)NCC3CCC(C(=O)N[C@@H]4CCCC[C@H]4C)CC3)cc2C[C@@H]1C. The maximum atomic E-state index is 12.9. The van der Waals surface area contributed by atoms with Crippen LogP contribution in [0.5, 0.6) is 0 Å². The highest BCUT2D eigenvalue weighted by atomic mass is 32.2. The van der Waals surface area contributed by atoms with Crippen LogP contribution in [0.25, 0.3) is 0 Å². The van der Waals surface area contributed by atoms with Crippen molar-refractivity contribution in [2.45, 2.75) is 95.5 Å². The summed E-state index contributed by atoms with van der Waals surface area (Å²) in [4.78, 5) is 26.7. The molecular weight excluding hydrogens is 450 g/mol. The molecule has 0 radical (unpaired) electrons. The van der Waals surface area contributed by atoms with Crippen LogP contribution < -0.4 is 14.9 Å². The second-order valence-corrected chi connectivity index (χ2v) is 12.4. The first kappa shape index (κ1) is 25.2. The Kier molecular flexibility index (Phi) is 7.67. The van der Waals surface area contributed by atoms with Gasteiger partial charge in [-0.15, -0.1) is 0 Å². The van der Waals surface area contributed by atoms with E-state index in [0.717, 1.165) is 43.4 Å². The third kappa shape index (κ3) is 5.48. The maximum absolute atomic E-state index is 12.9. The zero-order valence-corrected chi connectivity index (χ0v) is 21.5. The van der Waals surface area contributed by atoms with E-state index in [1.54, 1.807) is 23.1 Å². The molecule has 2 N–H and O–H groups in total. The van der Waals surface area contributed by atoms with Crippen LogP contribution in [0.1, 0.15) is 77.7 Å². The summed E-state index contributed by atoms with van der Waals surface area (Å²) in [6, 6.07) is 5.37. The zero-order chi connectivity index (χ0) is 24.5. The van der Waals surface area contributed by atoms with Crippen LogP contribution >= 0.6 is 0 Å². The quantitative estimate of drug-likeness (QED) is 0.636. The van der Waals surface area contributed by atoms with E-state index in [4.69, 9.17) is 0 Å². The van der Waals surface area contributed by atoms with Gasteiger partial charge in [0.05, 0.1) is 4.90 Å². The number of nitrogens with one attached hydrogen (secondary N) is 2. The van der Waals surface area contributed by atoms with Gasteiger partial charge in [0.2, 0.25) is 21.8 Å². The molecule has 2 fully saturated rings. The number of sulfonamides is 1. The van der Waals surface area contributed by atoms with Gasteiger partial charge < -0.3 is 10.2 Å². The van der Waals surface area contributed by atoms with Gasteiger partial charge in [-0.05, 0) is 87.5 Å². The molecule has 1 heterocycles. The van der Waals surface area contributed by atoms with Crippen LogP contribution in [0.4, 0.5) is 5.69 Å². The van der Waals surface area contributed by atoms with E-state index < -0.39 is 10.0 Å². The minimum absolute atomic E-state index is 0.0301. The first-order chi connectivity index (χ1) is 16.2. The average molecular weight is 490 g/mol. The van der Waals surface area contributed by atoms with Crippen molar-refractivity contribution in [1.82, 2.24) is 10.0 Å². The number of carbonyl (C=O) groups is 2. The molecular formula is C26H39N3O4S. The van der Waals surface area contributed by atoms with Gasteiger partial charge in [-0.3, -0.25) is 9.59 Å².